The number of imide groups is 1. The van der Waals surface area contributed by atoms with Crippen molar-refractivity contribution in [1.29, 1.82) is 0 Å². The van der Waals surface area contributed by atoms with E-state index in [1.54, 1.807) is 7.05 Å². The SMILES string of the molecule is CN1C(=O)C2C(=NC(SCCC(=O)O)=[N+]2Cc2ccccc2)N(C)C1=O. The van der Waals surface area contributed by atoms with Crippen LogP contribution < -0.4 is 0 Å². The van der Waals surface area contributed by atoms with Crippen LogP contribution in [0.3, 0.4) is 0 Å². The van der Waals surface area contributed by atoms with Crippen LogP contribution in [0, 0.1) is 0 Å². The first-order valence-corrected chi connectivity index (χ1v) is 9.04. The lowest BCUT2D eigenvalue weighted by atomic mass is 10.1. The third-order valence-electron chi connectivity index (χ3n) is 4.24. The molecule has 1 atom stereocenters. The van der Waals surface area contributed by atoms with Gasteiger partial charge in [-0.05, 0) is 22.3 Å². The highest BCUT2D eigenvalue weighted by Gasteiger charge is 2.53. The molecule has 1 saturated heterocycles. The highest BCUT2D eigenvalue weighted by molar-refractivity contribution is 8.13. The Morgan fingerprint density at radius 2 is 1.92 bits per heavy atom. The van der Waals surface area contributed by atoms with Crippen LogP contribution in [-0.2, 0) is 16.1 Å². The van der Waals surface area contributed by atoms with Crippen molar-refractivity contribution < 1.29 is 24.1 Å². The summed E-state index contributed by atoms with van der Waals surface area (Å²) >= 11 is 1.28. The molecule has 0 aliphatic carbocycles. The molecule has 8 nitrogen and oxygen atoms in total. The smallest absolute Gasteiger partial charge is 0.358 e. The molecule has 26 heavy (non-hydrogen) atoms. The van der Waals surface area contributed by atoms with Gasteiger partial charge in [-0.2, -0.15) is 0 Å². The molecule has 0 radical (unpaired) electrons. The largest absolute Gasteiger partial charge is 0.481 e. The molecule has 136 valence electrons. The van der Waals surface area contributed by atoms with Gasteiger partial charge in [0.1, 0.15) is 6.54 Å². The molecule has 0 aromatic heterocycles. The maximum atomic E-state index is 12.7. The molecular weight excluding hydrogens is 356 g/mol. The number of thioether (sulfide) groups is 1. The van der Waals surface area contributed by atoms with Crippen molar-refractivity contribution in [2.24, 2.45) is 4.99 Å². The molecule has 2 aliphatic heterocycles. The lowest BCUT2D eigenvalue weighted by Gasteiger charge is -2.30. The third kappa shape index (κ3) is 3.34. The van der Waals surface area contributed by atoms with Crippen LogP contribution in [0.4, 0.5) is 4.79 Å². The van der Waals surface area contributed by atoms with E-state index >= 15 is 0 Å². The lowest BCUT2D eigenvalue weighted by Crippen LogP contribution is -2.61. The van der Waals surface area contributed by atoms with Gasteiger partial charge in [-0.3, -0.25) is 19.4 Å². The number of amides is 3. The highest BCUT2D eigenvalue weighted by Crippen LogP contribution is 2.24. The number of aliphatic imine (C=N–C) groups is 1. The quantitative estimate of drug-likeness (QED) is 0.777. The zero-order valence-electron chi connectivity index (χ0n) is 14.5. The van der Waals surface area contributed by atoms with E-state index < -0.39 is 18.0 Å². The lowest BCUT2D eigenvalue weighted by molar-refractivity contribution is -0.548. The van der Waals surface area contributed by atoms with Crippen LogP contribution in [0.2, 0.25) is 0 Å². The Balaban J connectivity index is 1.95. The molecule has 0 bridgehead atoms. The first-order valence-electron chi connectivity index (χ1n) is 8.06. The van der Waals surface area contributed by atoms with Crippen LogP contribution >= 0.6 is 11.8 Å². The molecule has 3 amide bonds. The van der Waals surface area contributed by atoms with E-state index in [1.165, 1.54) is 23.7 Å². The number of hydrogen-bond acceptors (Lipinski definition) is 5. The molecule has 0 spiro atoms. The van der Waals surface area contributed by atoms with E-state index in [-0.39, 0.29) is 12.3 Å². The number of urea groups is 1. The first-order chi connectivity index (χ1) is 12.4. The molecular formula is C17H19N4O4S+. The van der Waals surface area contributed by atoms with Crippen LogP contribution in [0.25, 0.3) is 0 Å². The van der Waals surface area contributed by atoms with Crippen molar-refractivity contribution in [3.05, 3.63) is 35.9 Å². The minimum Gasteiger partial charge on any atom is -0.481 e. The van der Waals surface area contributed by atoms with E-state index in [2.05, 4.69) is 4.99 Å². The van der Waals surface area contributed by atoms with Gasteiger partial charge < -0.3 is 5.11 Å². The van der Waals surface area contributed by atoms with Crippen molar-refractivity contribution in [3.8, 4) is 0 Å². The molecule has 9 heteroatoms. The van der Waals surface area contributed by atoms with Gasteiger partial charge in [-0.1, -0.05) is 30.3 Å². The van der Waals surface area contributed by atoms with Gasteiger partial charge in [0.2, 0.25) is 0 Å². The van der Waals surface area contributed by atoms with Gasteiger partial charge >= 0.3 is 17.2 Å². The second kappa shape index (κ2) is 7.28. The number of nitrogens with zero attached hydrogens (tertiary/aromatic N) is 4. The molecule has 1 aromatic carbocycles. The Labute approximate surface area is 154 Å². The van der Waals surface area contributed by atoms with Crippen molar-refractivity contribution in [1.82, 2.24) is 9.80 Å². The zero-order valence-corrected chi connectivity index (χ0v) is 15.3. The van der Waals surface area contributed by atoms with Gasteiger partial charge in [0.15, 0.2) is 0 Å². The standard InChI is InChI=1S/C17H18N4O4S/c1-19-14-13(15(24)20(2)17(19)25)21(10-11-6-4-3-5-7-11)16(18-14)26-9-8-12(22)23/h3-7,13H,8-10H2,1-2H3/p+1. The normalized spacial score (nSPS) is 19.8. The summed E-state index contributed by atoms with van der Waals surface area (Å²) in [4.78, 5) is 42.7. The Morgan fingerprint density at radius 1 is 1.23 bits per heavy atom. The van der Waals surface area contributed by atoms with Crippen LogP contribution in [0.1, 0.15) is 12.0 Å². The monoisotopic (exact) mass is 375 g/mol. The fourth-order valence-corrected chi connectivity index (χ4v) is 3.81. The Morgan fingerprint density at radius 3 is 2.58 bits per heavy atom. The van der Waals surface area contributed by atoms with Crippen molar-refractivity contribution >= 4 is 40.7 Å². The number of amidine groups is 2. The van der Waals surface area contributed by atoms with Gasteiger partial charge in [0.05, 0.1) is 6.42 Å². The van der Waals surface area contributed by atoms with E-state index in [9.17, 15) is 14.4 Å². The number of carboxylic acids is 1. The minimum absolute atomic E-state index is 0.00845. The number of carbonyl (C=O) groups is 3. The zero-order chi connectivity index (χ0) is 18.8. The van der Waals surface area contributed by atoms with Gasteiger partial charge in [0, 0.05) is 19.8 Å². The summed E-state index contributed by atoms with van der Waals surface area (Å²) in [6.07, 6.45) is -0.00845. The van der Waals surface area contributed by atoms with E-state index in [1.807, 2.05) is 34.9 Å². The topological polar surface area (TPSA) is 93.3 Å². The number of aliphatic carboxylic acids is 1. The van der Waals surface area contributed by atoms with Crippen molar-refractivity contribution in [2.45, 2.75) is 19.0 Å². The Kier molecular flexibility index (Phi) is 5.08. The van der Waals surface area contributed by atoms with Crippen LogP contribution in [0.5, 0.6) is 0 Å². The number of rotatable bonds is 5. The van der Waals surface area contributed by atoms with E-state index in [4.69, 9.17) is 5.11 Å². The summed E-state index contributed by atoms with van der Waals surface area (Å²) < 4.78 is 1.83. The van der Waals surface area contributed by atoms with Gasteiger partial charge in [-0.15, -0.1) is 0 Å². The molecule has 0 saturated carbocycles. The number of hydrogen-bond donors (Lipinski definition) is 1. The number of carbonyl (C=O) groups excluding carboxylic acids is 2. The third-order valence-corrected chi connectivity index (χ3v) is 5.23. The van der Waals surface area contributed by atoms with Gasteiger partial charge in [-0.25, -0.2) is 9.37 Å². The molecule has 1 aromatic rings. The Hall–Kier alpha value is -2.68. The summed E-state index contributed by atoms with van der Waals surface area (Å²) in [6.45, 7) is 0.440. The maximum absolute atomic E-state index is 12.7. The summed E-state index contributed by atoms with van der Waals surface area (Å²) in [6, 6.07) is 8.52. The summed E-state index contributed by atoms with van der Waals surface area (Å²) in [5, 5.41) is 9.42. The van der Waals surface area contributed by atoms with Crippen LogP contribution in [-0.4, -0.2) is 74.3 Å². The molecule has 1 unspecified atom stereocenters. The maximum Gasteiger partial charge on any atom is 0.358 e. The van der Waals surface area contributed by atoms with E-state index in [0.29, 0.717) is 23.3 Å². The molecule has 3 rings (SSSR count). The fourth-order valence-electron chi connectivity index (χ4n) is 2.86. The van der Waals surface area contributed by atoms with E-state index in [0.717, 1.165) is 10.5 Å². The average Bonchev–Trinajstić information content (AvgIpc) is 2.97. The number of benzene rings is 1. The fraction of sp³-hybridized carbons (Fsp3) is 0.353. The summed E-state index contributed by atoms with van der Waals surface area (Å²) in [7, 11) is 3.04. The predicted octanol–water partition coefficient (Wildman–Crippen LogP) is 1.07. The molecule has 2 aliphatic rings. The van der Waals surface area contributed by atoms with Crippen LogP contribution in [0.15, 0.2) is 35.3 Å². The second-order valence-corrected chi connectivity index (χ2v) is 7.06. The van der Waals surface area contributed by atoms with Crippen molar-refractivity contribution in [2.75, 3.05) is 19.8 Å². The summed E-state index contributed by atoms with van der Waals surface area (Å²) in [5.41, 5.74) is 0.996. The minimum atomic E-state index is -0.890. The number of carboxylic acid groups (broad SMARTS) is 1. The first kappa shape index (κ1) is 18.1. The molecule has 2 heterocycles. The van der Waals surface area contributed by atoms with Crippen molar-refractivity contribution in [3.63, 3.8) is 0 Å². The highest BCUT2D eigenvalue weighted by atomic mass is 32.2. The van der Waals surface area contributed by atoms with Gasteiger partial charge in [0.25, 0.3) is 17.8 Å². The predicted molar refractivity (Wildman–Crippen MR) is 97.3 cm³/mol. The summed E-state index contributed by atoms with van der Waals surface area (Å²) in [5.74, 6) is -0.511. The average molecular weight is 375 g/mol. The molecule has 1 N–H and O–H groups in total. The number of fused-ring (bicyclic) bond motifs is 1. The number of likely N-dealkylation sites (N-methyl/N-ethyl adjacent to an activating group) is 2. The Bertz CT molecular complexity index is 821. The molecule has 1 fully saturated rings. The second-order valence-electron chi connectivity index (χ2n) is 6.00.